The van der Waals surface area contributed by atoms with Crippen LogP contribution in [0.3, 0.4) is 0 Å². The van der Waals surface area contributed by atoms with Gasteiger partial charge >= 0.3 is 0 Å². The minimum Gasteiger partial charge on any atom is -0.303 e. The van der Waals surface area contributed by atoms with E-state index in [2.05, 4.69) is 51.2 Å². The summed E-state index contributed by atoms with van der Waals surface area (Å²) >= 11 is 4.50. The Morgan fingerprint density at radius 1 is 1.18 bits per heavy atom. The topological polar surface area (TPSA) is 17.1 Å². The molecule has 0 aliphatic heterocycles. The normalized spacial score (nSPS) is 9.64. The molecule has 3 heteroatoms. The van der Waals surface area contributed by atoms with Gasteiger partial charge in [0.15, 0.2) is 0 Å². The first-order valence-corrected chi connectivity index (χ1v) is 5.27. The summed E-state index contributed by atoms with van der Waals surface area (Å²) in [5.41, 5.74) is 1.09. The number of hydrogen-bond acceptors (Lipinski definition) is 1. The van der Waals surface area contributed by atoms with Crippen LogP contribution < -0.4 is 0 Å². The number of carbonyl (C=O) groups excluding carboxylic acids is 1. The highest BCUT2D eigenvalue weighted by Crippen LogP contribution is 2.14. The predicted octanol–water partition coefficient (Wildman–Crippen LogP) is 2.64. The van der Waals surface area contributed by atoms with E-state index in [1.54, 1.807) is 0 Å². The first kappa shape index (κ1) is 9.44. The lowest BCUT2D eigenvalue weighted by atomic mass is 10.2. The van der Waals surface area contributed by atoms with Crippen molar-refractivity contribution in [2.45, 2.75) is 6.42 Å². The summed E-state index contributed by atoms with van der Waals surface area (Å²) in [7, 11) is 0. The van der Waals surface area contributed by atoms with Crippen LogP contribution in [-0.2, 0) is 11.2 Å². The molecule has 11 heavy (non-hydrogen) atoms. The average molecular weight is 372 g/mol. The number of hydrogen-bond donors (Lipinski definition) is 0. The van der Waals surface area contributed by atoms with E-state index in [0.717, 1.165) is 11.8 Å². The molecule has 0 atom stereocenters. The van der Waals surface area contributed by atoms with Crippen molar-refractivity contribution >= 4 is 51.5 Å². The summed E-state index contributed by atoms with van der Waals surface area (Å²) in [5, 5.41) is 0. The SMILES string of the molecule is O=CCc1cc(I)cc(I)c1. The van der Waals surface area contributed by atoms with Crippen molar-refractivity contribution in [3.63, 3.8) is 0 Å². The first-order valence-electron chi connectivity index (χ1n) is 3.11. The standard InChI is InChI=1S/C8H6I2O/c9-7-3-6(1-2-11)4-8(10)5-7/h2-5H,1H2. The molecule has 0 unspecified atom stereocenters. The number of carbonyl (C=O) groups is 1. The molecule has 1 aromatic rings. The Kier molecular flexibility index (Phi) is 3.77. The Balaban J connectivity index is 2.98. The molecule has 0 bridgehead atoms. The molecule has 0 aromatic heterocycles. The van der Waals surface area contributed by atoms with E-state index in [1.165, 1.54) is 7.14 Å². The minimum atomic E-state index is 0.521. The van der Waals surface area contributed by atoms with Crippen LogP contribution in [-0.4, -0.2) is 6.29 Å². The predicted molar refractivity (Wildman–Crippen MR) is 61.6 cm³/mol. The maximum absolute atomic E-state index is 10.2. The van der Waals surface area contributed by atoms with Gasteiger partial charge in [-0.05, 0) is 68.9 Å². The van der Waals surface area contributed by atoms with E-state index >= 15 is 0 Å². The molecule has 0 N–H and O–H groups in total. The van der Waals surface area contributed by atoms with Crippen molar-refractivity contribution in [2.24, 2.45) is 0 Å². The van der Waals surface area contributed by atoms with E-state index < -0.39 is 0 Å². The monoisotopic (exact) mass is 372 g/mol. The summed E-state index contributed by atoms with van der Waals surface area (Å²) in [6.07, 6.45) is 1.45. The third-order valence-electron chi connectivity index (χ3n) is 1.24. The fourth-order valence-corrected chi connectivity index (χ4v) is 2.89. The zero-order chi connectivity index (χ0) is 8.27. The van der Waals surface area contributed by atoms with Gasteiger partial charge < -0.3 is 4.79 Å². The second-order valence-electron chi connectivity index (χ2n) is 2.15. The van der Waals surface area contributed by atoms with Crippen molar-refractivity contribution in [1.29, 1.82) is 0 Å². The van der Waals surface area contributed by atoms with Crippen LogP contribution >= 0.6 is 45.2 Å². The second-order valence-corrected chi connectivity index (χ2v) is 4.64. The largest absolute Gasteiger partial charge is 0.303 e. The molecule has 0 saturated heterocycles. The van der Waals surface area contributed by atoms with Crippen LogP contribution in [0.5, 0.6) is 0 Å². The Morgan fingerprint density at radius 2 is 1.73 bits per heavy atom. The van der Waals surface area contributed by atoms with Crippen molar-refractivity contribution in [1.82, 2.24) is 0 Å². The lowest BCUT2D eigenvalue weighted by molar-refractivity contribution is -0.107. The van der Waals surface area contributed by atoms with Crippen LogP contribution in [0.4, 0.5) is 0 Å². The highest BCUT2D eigenvalue weighted by Gasteiger charge is 1.95. The summed E-state index contributed by atoms with van der Waals surface area (Å²) in [6.45, 7) is 0. The smallest absolute Gasteiger partial charge is 0.124 e. The maximum atomic E-state index is 10.2. The van der Waals surface area contributed by atoms with Gasteiger partial charge in [0.1, 0.15) is 6.29 Å². The van der Waals surface area contributed by atoms with Crippen molar-refractivity contribution < 1.29 is 4.79 Å². The highest BCUT2D eigenvalue weighted by molar-refractivity contribution is 14.1. The van der Waals surface area contributed by atoms with Gasteiger partial charge in [0.25, 0.3) is 0 Å². The number of rotatable bonds is 2. The van der Waals surface area contributed by atoms with Crippen LogP contribution in [0, 0.1) is 7.14 Å². The van der Waals surface area contributed by atoms with Gasteiger partial charge in [-0.1, -0.05) is 0 Å². The van der Waals surface area contributed by atoms with Crippen LogP contribution in [0.15, 0.2) is 18.2 Å². The Hall–Kier alpha value is 0.350. The molecule has 58 valence electrons. The summed E-state index contributed by atoms with van der Waals surface area (Å²) in [6, 6.07) is 6.13. The molecule has 0 spiro atoms. The molecule has 0 aliphatic carbocycles. The maximum Gasteiger partial charge on any atom is 0.124 e. The Labute approximate surface area is 92.8 Å². The summed E-state index contributed by atoms with van der Waals surface area (Å²) in [5.74, 6) is 0. The Bertz CT molecular complexity index is 251. The molecule has 0 saturated carbocycles. The van der Waals surface area contributed by atoms with Gasteiger partial charge in [-0.25, -0.2) is 0 Å². The zero-order valence-electron chi connectivity index (χ0n) is 5.68. The summed E-state index contributed by atoms with van der Waals surface area (Å²) in [4.78, 5) is 10.2. The summed E-state index contributed by atoms with van der Waals surface area (Å²) < 4.78 is 2.37. The fraction of sp³-hybridized carbons (Fsp3) is 0.125. The van der Waals surface area contributed by atoms with E-state index in [1.807, 2.05) is 12.1 Å². The molecule has 1 rings (SSSR count). The lowest BCUT2D eigenvalue weighted by Gasteiger charge is -1.97. The average Bonchev–Trinajstić information content (AvgIpc) is 1.85. The lowest BCUT2D eigenvalue weighted by Crippen LogP contribution is -1.87. The Morgan fingerprint density at radius 3 is 2.18 bits per heavy atom. The molecular formula is C8H6I2O. The van der Waals surface area contributed by atoms with Crippen LogP contribution in [0.1, 0.15) is 5.56 Å². The van der Waals surface area contributed by atoms with Gasteiger partial charge in [0, 0.05) is 13.6 Å². The first-order chi connectivity index (χ1) is 5.22. The zero-order valence-corrected chi connectivity index (χ0v) is 10.00. The third-order valence-corrected chi connectivity index (χ3v) is 2.49. The van der Waals surface area contributed by atoms with E-state index in [-0.39, 0.29) is 0 Å². The molecule has 0 heterocycles. The molecule has 0 fully saturated rings. The van der Waals surface area contributed by atoms with Gasteiger partial charge in [-0.3, -0.25) is 0 Å². The minimum absolute atomic E-state index is 0.521. The second kappa shape index (κ2) is 4.39. The van der Waals surface area contributed by atoms with E-state index in [0.29, 0.717) is 6.42 Å². The van der Waals surface area contributed by atoms with Crippen molar-refractivity contribution in [2.75, 3.05) is 0 Å². The van der Waals surface area contributed by atoms with Gasteiger partial charge in [0.2, 0.25) is 0 Å². The molecular weight excluding hydrogens is 366 g/mol. The van der Waals surface area contributed by atoms with Crippen molar-refractivity contribution in [3.8, 4) is 0 Å². The number of halogens is 2. The third kappa shape index (κ3) is 3.06. The van der Waals surface area contributed by atoms with Crippen molar-refractivity contribution in [3.05, 3.63) is 30.9 Å². The molecule has 0 aliphatic rings. The van der Waals surface area contributed by atoms with Crippen LogP contribution in [0.25, 0.3) is 0 Å². The van der Waals surface area contributed by atoms with Gasteiger partial charge in [-0.2, -0.15) is 0 Å². The number of benzene rings is 1. The van der Waals surface area contributed by atoms with E-state index in [9.17, 15) is 4.79 Å². The molecule has 1 aromatic carbocycles. The highest BCUT2D eigenvalue weighted by atomic mass is 127. The van der Waals surface area contributed by atoms with Gasteiger partial charge in [-0.15, -0.1) is 0 Å². The molecule has 1 nitrogen and oxygen atoms in total. The van der Waals surface area contributed by atoms with Crippen LogP contribution in [0.2, 0.25) is 0 Å². The number of aldehydes is 1. The van der Waals surface area contributed by atoms with Gasteiger partial charge in [0.05, 0.1) is 0 Å². The molecule has 0 radical (unpaired) electrons. The van der Waals surface area contributed by atoms with E-state index in [4.69, 9.17) is 0 Å². The quantitative estimate of drug-likeness (QED) is 0.577. The molecule has 0 amide bonds. The fourth-order valence-electron chi connectivity index (χ4n) is 0.825.